The Balaban J connectivity index is 2.15. The van der Waals surface area contributed by atoms with Crippen LogP contribution in [0.3, 0.4) is 0 Å². The van der Waals surface area contributed by atoms with Gasteiger partial charge >= 0.3 is 6.09 Å². The molecule has 0 spiro atoms. The van der Waals surface area contributed by atoms with E-state index in [4.69, 9.17) is 0 Å². The van der Waals surface area contributed by atoms with Gasteiger partial charge in [-0.25, -0.2) is 4.79 Å². The number of carbonyl (C=O) groups is 2. The maximum atomic E-state index is 12.6. The molecule has 0 bridgehead atoms. The Kier molecular flexibility index (Phi) is 5.09. The van der Waals surface area contributed by atoms with Gasteiger partial charge in [-0.2, -0.15) is 0 Å². The standard InChI is InChI=1S/C18H26N2O3/c1-13(16(21)14-8-6-5-7-9-14)19-10-11-20(17(22)23)15(12-19)18(2,3)4/h5-9,13,15H,10-12H2,1-4H3,(H,22,23). The first-order chi connectivity index (χ1) is 10.7. The zero-order valence-electron chi connectivity index (χ0n) is 14.3. The van der Waals surface area contributed by atoms with Crippen LogP contribution in [0.5, 0.6) is 0 Å². The van der Waals surface area contributed by atoms with Crippen molar-refractivity contribution in [3.05, 3.63) is 35.9 Å². The molecule has 1 fully saturated rings. The van der Waals surface area contributed by atoms with Crippen molar-refractivity contribution in [1.29, 1.82) is 0 Å². The minimum atomic E-state index is -0.883. The van der Waals surface area contributed by atoms with Gasteiger partial charge in [0.15, 0.2) is 5.78 Å². The van der Waals surface area contributed by atoms with Gasteiger partial charge in [-0.1, -0.05) is 51.1 Å². The van der Waals surface area contributed by atoms with Gasteiger partial charge in [-0.15, -0.1) is 0 Å². The smallest absolute Gasteiger partial charge is 0.407 e. The van der Waals surface area contributed by atoms with Crippen molar-refractivity contribution in [2.45, 2.75) is 39.8 Å². The van der Waals surface area contributed by atoms with Crippen LogP contribution in [0.1, 0.15) is 38.1 Å². The largest absolute Gasteiger partial charge is 0.465 e. The molecule has 1 saturated heterocycles. The van der Waals surface area contributed by atoms with E-state index in [2.05, 4.69) is 4.90 Å². The molecule has 2 unspecified atom stereocenters. The number of piperazine rings is 1. The van der Waals surface area contributed by atoms with Crippen LogP contribution < -0.4 is 0 Å². The maximum Gasteiger partial charge on any atom is 0.407 e. The molecular formula is C18H26N2O3. The molecule has 1 aromatic carbocycles. The summed E-state index contributed by atoms with van der Waals surface area (Å²) in [6.07, 6.45) is -0.883. The second-order valence-electron chi connectivity index (χ2n) is 7.26. The summed E-state index contributed by atoms with van der Waals surface area (Å²) in [5, 5.41) is 9.42. The fraction of sp³-hybridized carbons (Fsp3) is 0.556. The maximum absolute atomic E-state index is 12.6. The summed E-state index contributed by atoms with van der Waals surface area (Å²) in [7, 11) is 0. The van der Waals surface area contributed by atoms with E-state index in [1.165, 1.54) is 4.90 Å². The fourth-order valence-electron chi connectivity index (χ4n) is 3.14. The van der Waals surface area contributed by atoms with E-state index in [1.54, 1.807) is 0 Å². The summed E-state index contributed by atoms with van der Waals surface area (Å²) in [4.78, 5) is 27.7. The van der Waals surface area contributed by atoms with E-state index in [0.717, 1.165) is 0 Å². The van der Waals surface area contributed by atoms with Gasteiger partial charge in [0, 0.05) is 25.2 Å². The van der Waals surface area contributed by atoms with E-state index in [1.807, 2.05) is 58.0 Å². The molecule has 1 aliphatic rings. The predicted octanol–water partition coefficient (Wildman–Crippen LogP) is 2.97. The molecular weight excluding hydrogens is 292 g/mol. The summed E-state index contributed by atoms with van der Waals surface area (Å²) < 4.78 is 0. The van der Waals surface area contributed by atoms with Crippen LogP contribution in [0.4, 0.5) is 4.79 Å². The minimum absolute atomic E-state index is 0.0852. The molecule has 1 heterocycles. The predicted molar refractivity (Wildman–Crippen MR) is 89.8 cm³/mol. The Morgan fingerprint density at radius 2 is 1.78 bits per heavy atom. The normalized spacial score (nSPS) is 21.0. The van der Waals surface area contributed by atoms with Gasteiger partial charge in [0.1, 0.15) is 0 Å². The van der Waals surface area contributed by atoms with Crippen LogP contribution in [0.2, 0.25) is 0 Å². The Morgan fingerprint density at radius 1 is 1.17 bits per heavy atom. The molecule has 0 radical (unpaired) electrons. The SMILES string of the molecule is CC(C(=O)c1ccccc1)N1CCN(C(=O)O)C(C(C)(C)C)C1. The van der Waals surface area contributed by atoms with Crippen LogP contribution in [0.25, 0.3) is 0 Å². The second-order valence-corrected chi connectivity index (χ2v) is 7.26. The third-order valence-electron chi connectivity index (χ3n) is 4.64. The summed E-state index contributed by atoms with van der Waals surface area (Å²) in [6, 6.07) is 8.89. The van der Waals surface area contributed by atoms with Gasteiger partial charge in [0.2, 0.25) is 0 Å². The number of amides is 1. The van der Waals surface area contributed by atoms with Crippen LogP contribution >= 0.6 is 0 Å². The molecule has 5 heteroatoms. The molecule has 126 valence electrons. The van der Waals surface area contributed by atoms with Crippen LogP contribution in [0.15, 0.2) is 30.3 Å². The zero-order chi connectivity index (χ0) is 17.2. The van der Waals surface area contributed by atoms with Crippen molar-refractivity contribution in [3.63, 3.8) is 0 Å². The van der Waals surface area contributed by atoms with Gasteiger partial charge in [0.25, 0.3) is 0 Å². The number of nitrogens with zero attached hydrogens (tertiary/aromatic N) is 2. The first-order valence-electron chi connectivity index (χ1n) is 8.04. The van der Waals surface area contributed by atoms with Crippen LogP contribution in [0, 0.1) is 5.41 Å². The number of Topliss-reactive ketones (excluding diaryl/α,β-unsaturated/α-hetero) is 1. The highest BCUT2D eigenvalue weighted by Gasteiger charge is 2.40. The highest BCUT2D eigenvalue weighted by Crippen LogP contribution is 2.29. The molecule has 1 aromatic rings. The highest BCUT2D eigenvalue weighted by molar-refractivity contribution is 5.99. The lowest BCUT2D eigenvalue weighted by molar-refractivity contribution is 0.0101. The molecule has 5 nitrogen and oxygen atoms in total. The number of rotatable bonds is 3. The molecule has 2 atom stereocenters. The van der Waals surface area contributed by atoms with Crippen molar-refractivity contribution in [3.8, 4) is 0 Å². The van der Waals surface area contributed by atoms with Crippen molar-refractivity contribution < 1.29 is 14.7 Å². The summed E-state index contributed by atoms with van der Waals surface area (Å²) in [5.41, 5.74) is 0.528. The Bertz CT molecular complexity index is 565. The van der Waals surface area contributed by atoms with Gasteiger partial charge in [-0.05, 0) is 12.3 Å². The lowest BCUT2D eigenvalue weighted by atomic mass is 9.84. The molecule has 1 aliphatic heterocycles. The third kappa shape index (κ3) is 3.91. The van der Waals surface area contributed by atoms with Crippen molar-refractivity contribution in [2.75, 3.05) is 19.6 Å². The van der Waals surface area contributed by atoms with Crippen molar-refractivity contribution in [1.82, 2.24) is 9.80 Å². The Labute approximate surface area is 137 Å². The molecule has 0 aliphatic carbocycles. The second kappa shape index (κ2) is 6.71. The Hall–Kier alpha value is -1.88. The van der Waals surface area contributed by atoms with Gasteiger partial charge < -0.3 is 10.0 Å². The summed E-state index contributed by atoms with van der Waals surface area (Å²) >= 11 is 0. The van der Waals surface area contributed by atoms with E-state index >= 15 is 0 Å². The van der Waals surface area contributed by atoms with Crippen LogP contribution in [-0.4, -0.2) is 58.5 Å². The molecule has 23 heavy (non-hydrogen) atoms. The first kappa shape index (κ1) is 17.5. The number of hydrogen-bond acceptors (Lipinski definition) is 3. The van der Waals surface area contributed by atoms with Gasteiger partial charge in [0.05, 0.1) is 12.1 Å². The fourth-order valence-corrected chi connectivity index (χ4v) is 3.14. The van der Waals surface area contributed by atoms with E-state index in [0.29, 0.717) is 25.2 Å². The van der Waals surface area contributed by atoms with Crippen LogP contribution in [-0.2, 0) is 0 Å². The average Bonchev–Trinajstić information content (AvgIpc) is 2.52. The van der Waals surface area contributed by atoms with E-state index < -0.39 is 6.09 Å². The number of hydrogen-bond donors (Lipinski definition) is 1. The van der Waals surface area contributed by atoms with Gasteiger partial charge in [-0.3, -0.25) is 9.69 Å². The molecule has 0 aromatic heterocycles. The average molecular weight is 318 g/mol. The topological polar surface area (TPSA) is 60.9 Å². The lowest BCUT2D eigenvalue weighted by Crippen LogP contribution is -2.61. The van der Waals surface area contributed by atoms with Crippen molar-refractivity contribution in [2.24, 2.45) is 5.41 Å². The van der Waals surface area contributed by atoms with Crippen molar-refractivity contribution >= 4 is 11.9 Å². The summed E-state index contributed by atoms with van der Waals surface area (Å²) in [6.45, 7) is 9.63. The zero-order valence-corrected chi connectivity index (χ0v) is 14.3. The van der Waals surface area contributed by atoms with E-state index in [-0.39, 0.29) is 23.3 Å². The lowest BCUT2D eigenvalue weighted by Gasteiger charge is -2.47. The minimum Gasteiger partial charge on any atom is -0.465 e. The highest BCUT2D eigenvalue weighted by atomic mass is 16.4. The van der Waals surface area contributed by atoms with E-state index in [9.17, 15) is 14.7 Å². The number of ketones is 1. The monoisotopic (exact) mass is 318 g/mol. The summed E-state index contributed by atoms with van der Waals surface area (Å²) in [5.74, 6) is 0.0852. The molecule has 0 saturated carbocycles. The molecule has 2 rings (SSSR count). The number of carbonyl (C=O) groups excluding carboxylic acids is 1. The number of benzene rings is 1. The number of carboxylic acid groups (broad SMARTS) is 1. The molecule has 1 amide bonds. The first-order valence-corrected chi connectivity index (χ1v) is 8.04. The molecule has 1 N–H and O–H groups in total. The quantitative estimate of drug-likeness (QED) is 0.870. The third-order valence-corrected chi connectivity index (χ3v) is 4.64. The Morgan fingerprint density at radius 3 is 2.30 bits per heavy atom.